The highest BCUT2D eigenvalue weighted by atomic mass is 16.7. The van der Waals surface area contributed by atoms with Crippen LogP contribution >= 0.6 is 0 Å². The molecule has 0 saturated carbocycles. The molecule has 5 atom stereocenters. The Balaban J connectivity index is 1.77. The van der Waals surface area contributed by atoms with Gasteiger partial charge < -0.3 is 44.8 Å². The summed E-state index contributed by atoms with van der Waals surface area (Å²) >= 11 is 0. The molecule has 1 aliphatic rings. The number of hydrogen-bond donors (Lipinski definition) is 6. The van der Waals surface area contributed by atoms with Gasteiger partial charge in [-0.15, -0.1) is 0 Å². The summed E-state index contributed by atoms with van der Waals surface area (Å²) < 4.78 is 15.8. The Kier molecular flexibility index (Phi) is 6.80. The molecule has 0 bridgehead atoms. The standard InChI is InChI=1S/C21H24O9/c1-28-16-5-4-11(8-15(16)24)2-3-12-6-13(23)9-14(7-12)29-21-20(27)19(26)18(25)17(10-22)30-21/h2-9,17-27H,10H2,1H3/b3-2+/t17-,18-,19?,20-,21?/m1/s1. The minimum atomic E-state index is -1.57. The van der Waals surface area contributed by atoms with Crippen molar-refractivity contribution in [2.24, 2.45) is 0 Å². The van der Waals surface area contributed by atoms with Gasteiger partial charge in [-0.05, 0) is 35.4 Å². The lowest BCUT2D eigenvalue weighted by Gasteiger charge is -2.39. The predicted octanol–water partition coefficient (Wildman–Crippen LogP) is 0.455. The average molecular weight is 420 g/mol. The molecule has 1 aliphatic heterocycles. The molecule has 0 radical (unpaired) electrons. The van der Waals surface area contributed by atoms with E-state index in [-0.39, 0.29) is 17.2 Å². The molecule has 1 saturated heterocycles. The van der Waals surface area contributed by atoms with Gasteiger partial charge in [0.05, 0.1) is 13.7 Å². The maximum absolute atomic E-state index is 10.1. The SMILES string of the molecule is COc1ccc(/C=C/c2cc(O)cc(OC3O[C@H](CO)[C@@H](O)C(O)[C@H]3O)c2)cc1O. The van der Waals surface area contributed by atoms with Crippen molar-refractivity contribution in [3.8, 4) is 23.0 Å². The van der Waals surface area contributed by atoms with Crippen LogP contribution in [0.3, 0.4) is 0 Å². The Bertz CT molecular complexity index is 896. The number of phenolic OH excluding ortho intramolecular Hbond substituents is 2. The van der Waals surface area contributed by atoms with Gasteiger partial charge in [-0.2, -0.15) is 0 Å². The summed E-state index contributed by atoms with van der Waals surface area (Å²) in [5.41, 5.74) is 1.23. The molecule has 9 nitrogen and oxygen atoms in total. The van der Waals surface area contributed by atoms with Crippen LogP contribution in [0.1, 0.15) is 11.1 Å². The lowest BCUT2D eigenvalue weighted by molar-refractivity contribution is -0.277. The van der Waals surface area contributed by atoms with Crippen molar-refractivity contribution in [2.75, 3.05) is 13.7 Å². The van der Waals surface area contributed by atoms with Gasteiger partial charge in [-0.3, -0.25) is 0 Å². The van der Waals surface area contributed by atoms with Crippen LogP contribution in [0.2, 0.25) is 0 Å². The van der Waals surface area contributed by atoms with Crippen molar-refractivity contribution in [1.82, 2.24) is 0 Å². The summed E-state index contributed by atoms with van der Waals surface area (Å²) in [6.45, 7) is -0.576. The molecule has 2 aromatic rings. The Morgan fingerprint density at radius 2 is 1.67 bits per heavy atom. The van der Waals surface area contributed by atoms with Gasteiger partial charge in [-0.1, -0.05) is 18.2 Å². The maximum Gasteiger partial charge on any atom is 0.229 e. The lowest BCUT2D eigenvalue weighted by Crippen LogP contribution is -2.60. The van der Waals surface area contributed by atoms with Crippen LogP contribution in [0.4, 0.5) is 0 Å². The number of methoxy groups -OCH3 is 1. The van der Waals surface area contributed by atoms with Crippen molar-refractivity contribution in [2.45, 2.75) is 30.7 Å². The van der Waals surface area contributed by atoms with Crippen LogP contribution in [-0.4, -0.2) is 75.1 Å². The summed E-state index contributed by atoms with van der Waals surface area (Å²) in [5.74, 6) is 0.354. The summed E-state index contributed by atoms with van der Waals surface area (Å²) in [6, 6.07) is 9.19. The first-order chi connectivity index (χ1) is 14.3. The molecular formula is C21H24O9. The summed E-state index contributed by atoms with van der Waals surface area (Å²) in [7, 11) is 1.45. The minimum Gasteiger partial charge on any atom is -0.508 e. The molecule has 0 amide bonds. The van der Waals surface area contributed by atoms with Crippen LogP contribution < -0.4 is 9.47 Å². The number of benzene rings is 2. The fourth-order valence-electron chi connectivity index (χ4n) is 3.07. The van der Waals surface area contributed by atoms with Gasteiger partial charge in [0.1, 0.15) is 35.9 Å². The van der Waals surface area contributed by atoms with Crippen LogP contribution in [0, 0.1) is 0 Å². The second kappa shape index (κ2) is 9.33. The third-order valence-corrected chi connectivity index (χ3v) is 4.69. The van der Waals surface area contributed by atoms with E-state index in [0.717, 1.165) is 0 Å². The van der Waals surface area contributed by atoms with E-state index in [1.807, 2.05) is 0 Å². The van der Waals surface area contributed by atoms with E-state index in [2.05, 4.69) is 0 Å². The minimum absolute atomic E-state index is 0.0119. The summed E-state index contributed by atoms with van der Waals surface area (Å²) in [6.07, 6.45) is -3.72. The number of rotatable bonds is 6. The van der Waals surface area contributed by atoms with Crippen LogP contribution in [-0.2, 0) is 4.74 Å². The average Bonchev–Trinajstić information content (AvgIpc) is 2.72. The molecular weight excluding hydrogens is 396 g/mol. The Morgan fingerprint density at radius 3 is 2.33 bits per heavy atom. The van der Waals surface area contributed by atoms with E-state index in [1.165, 1.54) is 25.3 Å². The van der Waals surface area contributed by atoms with E-state index >= 15 is 0 Å². The number of aromatic hydroxyl groups is 2. The summed E-state index contributed by atoms with van der Waals surface area (Å²) in [5, 5.41) is 58.9. The zero-order chi connectivity index (χ0) is 21.8. The molecule has 0 spiro atoms. The Hall–Kier alpha value is -2.82. The highest BCUT2D eigenvalue weighted by molar-refractivity contribution is 5.72. The molecule has 0 aliphatic carbocycles. The molecule has 1 heterocycles. The first-order valence-corrected chi connectivity index (χ1v) is 9.18. The molecule has 2 unspecified atom stereocenters. The normalized spacial score (nSPS) is 26.6. The maximum atomic E-state index is 10.1. The first-order valence-electron chi connectivity index (χ1n) is 9.18. The molecule has 3 rings (SSSR count). The topological polar surface area (TPSA) is 149 Å². The van der Waals surface area contributed by atoms with Gasteiger partial charge in [-0.25, -0.2) is 0 Å². The second-order valence-corrected chi connectivity index (χ2v) is 6.84. The predicted molar refractivity (Wildman–Crippen MR) is 106 cm³/mol. The third kappa shape index (κ3) is 4.84. The highest BCUT2D eigenvalue weighted by Crippen LogP contribution is 2.30. The quantitative estimate of drug-likeness (QED) is 0.366. The van der Waals surface area contributed by atoms with Gasteiger partial charge >= 0.3 is 0 Å². The highest BCUT2D eigenvalue weighted by Gasteiger charge is 2.44. The van der Waals surface area contributed by atoms with Crippen LogP contribution in [0.15, 0.2) is 36.4 Å². The Morgan fingerprint density at radius 1 is 0.933 bits per heavy atom. The fourth-order valence-corrected chi connectivity index (χ4v) is 3.07. The van der Waals surface area contributed by atoms with E-state index in [9.17, 15) is 30.6 Å². The molecule has 162 valence electrons. The van der Waals surface area contributed by atoms with E-state index in [4.69, 9.17) is 14.2 Å². The monoisotopic (exact) mass is 420 g/mol. The zero-order valence-corrected chi connectivity index (χ0v) is 16.1. The molecule has 1 fully saturated rings. The van der Waals surface area contributed by atoms with Crippen molar-refractivity contribution >= 4 is 12.2 Å². The fraction of sp³-hybridized carbons (Fsp3) is 0.333. The van der Waals surface area contributed by atoms with Crippen molar-refractivity contribution in [3.63, 3.8) is 0 Å². The molecule has 6 N–H and O–H groups in total. The van der Waals surface area contributed by atoms with Crippen LogP contribution in [0.5, 0.6) is 23.0 Å². The van der Waals surface area contributed by atoms with Crippen molar-refractivity contribution in [1.29, 1.82) is 0 Å². The molecule has 2 aromatic carbocycles. The van der Waals surface area contributed by atoms with Gasteiger partial charge in [0.2, 0.25) is 6.29 Å². The first kappa shape index (κ1) is 21.9. The number of aliphatic hydroxyl groups is 4. The van der Waals surface area contributed by atoms with Crippen molar-refractivity contribution in [3.05, 3.63) is 47.5 Å². The number of hydrogen-bond acceptors (Lipinski definition) is 9. The van der Waals surface area contributed by atoms with E-state index < -0.39 is 37.3 Å². The smallest absolute Gasteiger partial charge is 0.229 e. The second-order valence-electron chi connectivity index (χ2n) is 6.84. The lowest BCUT2D eigenvalue weighted by atomic mass is 9.99. The van der Waals surface area contributed by atoms with Gasteiger partial charge in [0, 0.05) is 6.07 Å². The number of ether oxygens (including phenoxy) is 3. The third-order valence-electron chi connectivity index (χ3n) is 4.69. The van der Waals surface area contributed by atoms with Gasteiger partial charge in [0.25, 0.3) is 0 Å². The molecule has 30 heavy (non-hydrogen) atoms. The van der Waals surface area contributed by atoms with Gasteiger partial charge in [0.15, 0.2) is 11.5 Å². The van der Waals surface area contributed by atoms with Crippen LogP contribution in [0.25, 0.3) is 12.2 Å². The number of aliphatic hydroxyl groups excluding tert-OH is 4. The van der Waals surface area contributed by atoms with Crippen molar-refractivity contribution < 1.29 is 44.8 Å². The molecule has 9 heteroatoms. The van der Waals surface area contributed by atoms with E-state index in [0.29, 0.717) is 16.9 Å². The number of phenols is 2. The molecule has 0 aromatic heterocycles. The summed E-state index contributed by atoms with van der Waals surface area (Å²) in [4.78, 5) is 0. The zero-order valence-electron chi connectivity index (χ0n) is 16.1. The van der Waals surface area contributed by atoms with E-state index in [1.54, 1.807) is 30.4 Å². The Labute approximate surface area is 172 Å². The largest absolute Gasteiger partial charge is 0.508 e.